The number of methoxy groups -OCH3 is 1. The first-order chi connectivity index (χ1) is 14.4. The molecule has 0 aromatic heterocycles. The lowest BCUT2D eigenvalue weighted by atomic mass is 9.99. The smallest absolute Gasteiger partial charge is 0.264 e. The van der Waals surface area contributed by atoms with E-state index in [1.807, 2.05) is 67.6 Å². The highest BCUT2D eigenvalue weighted by molar-refractivity contribution is 7.86. The summed E-state index contributed by atoms with van der Waals surface area (Å²) >= 11 is 0. The molecule has 1 aliphatic rings. The predicted octanol–water partition coefficient (Wildman–Crippen LogP) is 2.89. The molecule has 0 aliphatic carbocycles. The fourth-order valence-electron chi connectivity index (χ4n) is 3.42. The Morgan fingerprint density at radius 2 is 1.33 bits per heavy atom. The zero-order valence-corrected chi connectivity index (χ0v) is 18.2. The second-order valence-electron chi connectivity index (χ2n) is 7.23. The Morgan fingerprint density at radius 1 is 0.833 bits per heavy atom. The standard InChI is InChI=1S/C22H28O7S/c1-16-19(26-14-17-10-6-4-7-11-17)20(27-15-18-12-8-5-9-13-18)21(22(25-2)28-16)29-30(3,23)24/h4-13,16,19-22H,14-15H2,1-3H3/t16-,19-,20+,21+,22+/m0/s1. The topological polar surface area (TPSA) is 80.3 Å². The van der Waals surface area contributed by atoms with E-state index in [2.05, 4.69) is 0 Å². The van der Waals surface area contributed by atoms with Crippen LogP contribution >= 0.6 is 0 Å². The quantitative estimate of drug-likeness (QED) is 0.559. The average Bonchev–Trinajstić information content (AvgIpc) is 2.73. The summed E-state index contributed by atoms with van der Waals surface area (Å²) in [6, 6.07) is 19.3. The van der Waals surface area contributed by atoms with Crippen LogP contribution in [-0.4, -0.2) is 52.5 Å². The van der Waals surface area contributed by atoms with E-state index in [0.717, 1.165) is 17.4 Å². The van der Waals surface area contributed by atoms with Crippen molar-refractivity contribution in [2.75, 3.05) is 13.4 Å². The van der Waals surface area contributed by atoms with Crippen molar-refractivity contribution in [3.63, 3.8) is 0 Å². The third kappa shape index (κ3) is 6.34. The summed E-state index contributed by atoms with van der Waals surface area (Å²) < 4.78 is 52.7. The summed E-state index contributed by atoms with van der Waals surface area (Å²) in [6.07, 6.45) is -2.62. The van der Waals surface area contributed by atoms with Crippen LogP contribution in [0.3, 0.4) is 0 Å². The second-order valence-corrected chi connectivity index (χ2v) is 8.83. The number of ether oxygens (including phenoxy) is 4. The highest BCUT2D eigenvalue weighted by atomic mass is 32.2. The van der Waals surface area contributed by atoms with Crippen molar-refractivity contribution in [1.82, 2.24) is 0 Å². The molecular formula is C22H28O7S. The fraction of sp³-hybridized carbons (Fsp3) is 0.455. The first-order valence-electron chi connectivity index (χ1n) is 9.75. The van der Waals surface area contributed by atoms with Gasteiger partial charge in [-0.2, -0.15) is 8.42 Å². The van der Waals surface area contributed by atoms with Crippen molar-refractivity contribution < 1.29 is 31.5 Å². The Morgan fingerprint density at radius 3 is 1.80 bits per heavy atom. The maximum Gasteiger partial charge on any atom is 0.264 e. The third-order valence-electron chi connectivity index (χ3n) is 4.82. The normalized spacial score (nSPS) is 27.1. The van der Waals surface area contributed by atoms with Crippen molar-refractivity contribution in [2.24, 2.45) is 0 Å². The van der Waals surface area contributed by atoms with Crippen molar-refractivity contribution in [3.8, 4) is 0 Å². The zero-order chi connectivity index (χ0) is 21.6. The molecule has 7 nitrogen and oxygen atoms in total. The molecule has 0 bridgehead atoms. The van der Waals surface area contributed by atoms with Crippen molar-refractivity contribution in [3.05, 3.63) is 71.8 Å². The summed E-state index contributed by atoms with van der Waals surface area (Å²) in [7, 11) is -2.35. The van der Waals surface area contributed by atoms with E-state index in [1.165, 1.54) is 7.11 Å². The second kappa shape index (κ2) is 10.5. The molecule has 8 heteroatoms. The number of rotatable bonds is 9. The molecule has 1 saturated heterocycles. The van der Waals surface area contributed by atoms with E-state index in [1.54, 1.807) is 0 Å². The molecule has 1 heterocycles. The van der Waals surface area contributed by atoms with Crippen LogP contribution in [-0.2, 0) is 46.5 Å². The molecule has 30 heavy (non-hydrogen) atoms. The molecule has 3 rings (SSSR count). The summed E-state index contributed by atoms with van der Waals surface area (Å²) in [5.74, 6) is 0. The summed E-state index contributed by atoms with van der Waals surface area (Å²) in [5, 5.41) is 0. The summed E-state index contributed by atoms with van der Waals surface area (Å²) in [4.78, 5) is 0. The molecule has 0 unspecified atom stereocenters. The van der Waals surface area contributed by atoms with Crippen LogP contribution in [0.15, 0.2) is 60.7 Å². The van der Waals surface area contributed by atoms with Crippen molar-refractivity contribution >= 4 is 10.1 Å². The lowest BCUT2D eigenvalue weighted by molar-refractivity contribution is -0.297. The van der Waals surface area contributed by atoms with Crippen LogP contribution in [0.2, 0.25) is 0 Å². The monoisotopic (exact) mass is 436 g/mol. The van der Waals surface area contributed by atoms with E-state index in [4.69, 9.17) is 23.1 Å². The molecule has 0 radical (unpaired) electrons. The molecule has 2 aromatic carbocycles. The van der Waals surface area contributed by atoms with Gasteiger partial charge in [-0.15, -0.1) is 0 Å². The minimum absolute atomic E-state index is 0.267. The summed E-state index contributed by atoms with van der Waals surface area (Å²) in [6.45, 7) is 2.44. The van der Waals surface area contributed by atoms with Crippen molar-refractivity contribution in [2.45, 2.75) is 50.8 Å². The highest BCUT2D eigenvalue weighted by Crippen LogP contribution is 2.30. The Hall–Kier alpha value is -1.81. The average molecular weight is 437 g/mol. The predicted molar refractivity (Wildman–Crippen MR) is 111 cm³/mol. The fourth-order valence-corrected chi connectivity index (χ4v) is 4.02. The molecule has 0 spiro atoms. The van der Waals surface area contributed by atoms with Gasteiger partial charge in [0, 0.05) is 7.11 Å². The lowest BCUT2D eigenvalue weighted by Crippen LogP contribution is -2.60. The minimum Gasteiger partial charge on any atom is -0.368 e. The van der Waals surface area contributed by atoms with Gasteiger partial charge in [0.25, 0.3) is 10.1 Å². The molecule has 164 valence electrons. The lowest BCUT2D eigenvalue weighted by Gasteiger charge is -2.44. The van der Waals surface area contributed by atoms with E-state index >= 15 is 0 Å². The molecule has 5 atom stereocenters. The maximum absolute atomic E-state index is 11.9. The largest absolute Gasteiger partial charge is 0.368 e. The minimum atomic E-state index is -3.79. The molecule has 1 aliphatic heterocycles. The number of benzene rings is 2. The van der Waals surface area contributed by atoms with E-state index in [9.17, 15) is 8.42 Å². The van der Waals surface area contributed by atoms with Gasteiger partial charge in [0.1, 0.15) is 12.2 Å². The van der Waals surface area contributed by atoms with Crippen LogP contribution < -0.4 is 0 Å². The molecule has 2 aromatic rings. The SMILES string of the molecule is CO[C@@H]1O[C@@H](C)[C@H](OCc2ccccc2)[C@@H](OCc2ccccc2)[C@H]1OS(C)(=O)=O. The first kappa shape index (κ1) is 22.9. The van der Waals surface area contributed by atoms with Gasteiger partial charge in [-0.1, -0.05) is 60.7 Å². The highest BCUT2D eigenvalue weighted by Gasteiger charge is 2.48. The Labute approximate surface area is 178 Å². The Bertz CT molecular complexity index is 873. The molecule has 1 fully saturated rings. The van der Waals surface area contributed by atoms with E-state index in [-0.39, 0.29) is 6.61 Å². The molecule has 0 amide bonds. The maximum atomic E-state index is 11.9. The van der Waals surface area contributed by atoms with Gasteiger partial charge in [0.2, 0.25) is 0 Å². The van der Waals surface area contributed by atoms with Gasteiger partial charge in [0.05, 0.1) is 25.6 Å². The van der Waals surface area contributed by atoms with Crippen LogP contribution in [0, 0.1) is 0 Å². The first-order valence-corrected chi connectivity index (χ1v) is 11.6. The zero-order valence-electron chi connectivity index (χ0n) is 17.3. The van der Waals surface area contributed by atoms with Gasteiger partial charge in [-0.25, -0.2) is 0 Å². The van der Waals surface area contributed by atoms with E-state index in [0.29, 0.717) is 6.61 Å². The van der Waals surface area contributed by atoms with Crippen LogP contribution in [0.5, 0.6) is 0 Å². The molecular weight excluding hydrogens is 408 g/mol. The number of hydrogen-bond acceptors (Lipinski definition) is 7. The Balaban J connectivity index is 1.83. The summed E-state index contributed by atoms with van der Waals surface area (Å²) in [5.41, 5.74) is 1.94. The van der Waals surface area contributed by atoms with Gasteiger partial charge in [-0.3, -0.25) is 4.18 Å². The number of hydrogen-bond donors (Lipinski definition) is 0. The van der Waals surface area contributed by atoms with E-state index < -0.39 is 40.8 Å². The third-order valence-corrected chi connectivity index (χ3v) is 5.39. The molecule has 0 N–H and O–H groups in total. The van der Waals surface area contributed by atoms with Gasteiger partial charge >= 0.3 is 0 Å². The van der Waals surface area contributed by atoms with Gasteiger partial charge < -0.3 is 18.9 Å². The molecule has 0 saturated carbocycles. The van der Waals surface area contributed by atoms with Crippen LogP contribution in [0.1, 0.15) is 18.1 Å². The Kier molecular flexibility index (Phi) is 7.99. The van der Waals surface area contributed by atoms with Gasteiger partial charge in [-0.05, 0) is 18.1 Å². The van der Waals surface area contributed by atoms with Crippen LogP contribution in [0.25, 0.3) is 0 Å². The van der Waals surface area contributed by atoms with Crippen molar-refractivity contribution in [1.29, 1.82) is 0 Å². The van der Waals surface area contributed by atoms with Gasteiger partial charge in [0.15, 0.2) is 12.4 Å². The van der Waals surface area contributed by atoms with Crippen LogP contribution in [0.4, 0.5) is 0 Å².